The van der Waals surface area contributed by atoms with Crippen LogP contribution in [0.25, 0.3) is 0 Å². The molecule has 0 saturated heterocycles. The van der Waals surface area contributed by atoms with Gasteiger partial charge in [-0.25, -0.2) is 4.98 Å². The number of hydrogen-bond acceptors (Lipinski definition) is 5. The van der Waals surface area contributed by atoms with Crippen molar-refractivity contribution in [1.29, 1.82) is 0 Å². The summed E-state index contributed by atoms with van der Waals surface area (Å²) in [5.41, 5.74) is 3.11. The summed E-state index contributed by atoms with van der Waals surface area (Å²) in [6.07, 6.45) is 0. The maximum Gasteiger partial charge on any atom is 0.230 e. The smallest absolute Gasteiger partial charge is 0.230 e. The molecule has 1 amide bonds. The van der Waals surface area contributed by atoms with Gasteiger partial charge in [0.05, 0.1) is 18.0 Å². The number of nitrogens with zero attached hydrogens (tertiary/aromatic N) is 3. The summed E-state index contributed by atoms with van der Waals surface area (Å²) in [7, 11) is 0. The molecular weight excluding hydrogens is 304 g/mol. The molecule has 2 aromatic rings. The SMILES string of the molecule is Cc1csc(SCC(=O)NC(C)Cn2nc(C)cc2C)n1. The Labute approximate surface area is 133 Å². The van der Waals surface area contributed by atoms with Crippen molar-refractivity contribution in [3.05, 3.63) is 28.5 Å². The minimum Gasteiger partial charge on any atom is -0.351 e. The lowest BCUT2D eigenvalue weighted by Gasteiger charge is -2.14. The van der Waals surface area contributed by atoms with Gasteiger partial charge in [0.25, 0.3) is 0 Å². The number of thiazole rings is 1. The molecule has 0 aliphatic rings. The predicted octanol–water partition coefficient (Wildman–Crippen LogP) is 2.56. The Morgan fingerprint density at radius 3 is 2.76 bits per heavy atom. The minimum absolute atomic E-state index is 0.0295. The van der Waals surface area contributed by atoms with Gasteiger partial charge in [-0.15, -0.1) is 11.3 Å². The van der Waals surface area contributed by atoms with Crippen molar-refractivity contribution >= 4 is 29.0 Å². The van der Waals surface area contributed by atoms with Crippen LogP contribution in [-0.4, -0.2) is 32.5 Å². The third-order valence-corrected chi connectivity index (χ3v) is 5.02. The number of carbonyl (C=O) groups is 1. The van der Waals surface area contributed by atoms with Crippen LogP contribution in [0.3, 0.4) is 0 Å². The summed E-state index contributed by atoms with van der Waals surface area (Å²) in [6.45, 7) is 8.63. The number of aryl methyl sites for hydroxylation is 3. The van der Waals surface area contributed by atoms with Crippen molar-refractivity contribution in [2.45, 2.75) is 44.6 Å². The molecule has 21 heavy (non-hydrogen) atoms. The zero-order chi connectivity index (χ0) is 15.4. The second-order valence-corrected chi connectivity index (χ2v) is 7.20. The second kappa shape index (κ2) is 7.09. The minimum atomic E-state index is 0.0295. The average molecular weight is 324 g/mol. The van der Waals surface area contributed by atoms with Crippen molar-refractivity contribution < 1.29 is 4.79 Å². The van der Waals surface area contributed by atoms with Gasteiger partial charge in [0.15, 0.2) is 4.34 Å². The summed E-state index contributed by atoms with van der Waals surface area (Å²) in [5.74, 6) is 0.427. The van der Waals surface area contributed by atoms with Gasteiger partial charge in [0, 0.05) is 22.8 Å². The lowest BCUT2D eigenvalue weighted by molar-refractivity contribution is -0.119. The standard InChI is InChI=1S/C14H20N4OS2/c1-9-5-12(4)18(17-9)6-10(2)15-13(19)8-21-14-16-11(3)7-20-14/h5,7,10H,6,8H2,1-4H3,(H,15,19). The molecule has 0 bridgehead atoms. The Morgan fingerprint density at radius 2 is 2.19 bits per heavy atom. The number of rotatable bonds is 6. The highest BCUT2D eigenvalue weighted by atomic mass is 32.2. The summed E-state index contributed by atoms with van der Waals surface area (Å²) in [4.78, 5) is 16.3. The molecule has 0 radical (unpaired) electrons. The zero-order valence-corrected chi connectivity index (χ0v) is 14.3. The molecule has 0 aliphatic carbocycles. The first-order chi connectivity index (χ1) is 9.94. The fourth-order valence-electron chi connectivity index (χ4n) is 2.01. The van der Waals surface area contributed by atoms with Gasteiger partial charge in [-0.1, -0.05) is 11.8 Å². The zero-order valence-electron chi connectivity index (χ0n) is 12.7. The van der Waals surface area contributed by atoms with Crippen molar-refractivity contribution in [3.8, 4) is 0 Å². The van der Waals surface area contributed by atoms with E-state index in [1.807, 2.05) is 43.8 Å². The molecule has 0 aliphatic heterocycles. The number of hydrogen-bond donors (Lipinski definition) is 1. The third kappa shape index (κ3) is 4.86. The van der Waals surface area contributed by atoms with Crippen molar-refractivity contribution in [2.75, 3.05) is 5.75 Å². The van der Waals surface area contributed by atoms with E-state index in [1.165, 1.54) is 11.8 Å². The van der Waals surface area contributed by atoms with E-state index < -0.39 is 0 Å². The second-order valence-electron chi connectivity index (χ2n) is 5.12. The van der Waals surface area contributed by atoms with Gasteiger partial charge < -0.3 is 5.32 Å². The van der Waals surface area contributed by atoms with Crippen molar-refractivity contribution in [2.24, 2.45) is 0 Å². The highest BCUT2D eigenvalue weighted by Gasteiger charge is 2.11. The molecule has 0 saturated carbocycles. The Balaban J connectivity index is 1.78. The van der Waals surface area contributed by atoms with Gasteiger partial charge >= 0.3 is 0 Å². The summed E-state index contributed by atoms with van der Waals surface area (Å²) in [5, 5.41) is 9.40. The van der Waals surface area contributed by atoms with Crippen molar-refractivity contribution in [3.63, 3.8) is 0 Å². The molecule has 2 aromatic heterocycles. The molecule has 0 aromatic carbocycles. The van der Waals surface area contributed by atoms with Crippen LogP contribution in [0.15, 0.2) is 15.8 Å². The van der Waals surface area contributed by atoms with Crippen LogP contribution in [0.1, 0.15) is 24.0 Å². The van der Waals surface area contributed by atoms with E-state index in [-0.39, 0.29) is 11.9 Å². The van der Waals surface area contributed by atoms with Gasteiger partial charge in [-0.2, -0.15) is 5.10 Å². The van der Waals surface area contributed by atoms with Gasteiger partial charge in [-0.3, -0.25) is 9.48 Å². The molecule has 7 heteroatoms. The van der Waals surface area contributed by atoms with Gasteiger partial charge in [0.2, 0.25) is 5.91 Å². The third-order valence-electron chi connectivity index (χ3n) is 2.88. The van der Waals surface area contributed by atoms with Crippen LogP contribution in [0, 0.1) is 20.8 Å². The normalized spacial score (nSPS) is 12.4. The predicted molar refractivity (Wildman–Crippen MR) is 86.9 cm³/mol. The Kier molecular flexibility index (Phi) is 5.41. The molecule has 0 fully saturated rings. The van der Waals surface area contributed by atoms with E-state index >= 15 is 0 Å². The highest BCUT2D eigenvalue weighted by molar-refractivity contribution is 8.01. The highest BCUT2D eigenvalue weighted by Crippen LogP contribution is 2.21. The Hall–Kier alpha value is -1.34. The number of aromatic nitrogens is 3. The lowest BCUT2D eigenvalue weighted by Crippen LogP contribution is -2.37. The van der Waals surface area contributed by atoms with E-state index in [1.54, 1.807) is 11.3 Å². The van der Waals surface area contributed by atoms with Gasteiger partial charge in [-0.05, 0) is 33.8 Å². The van der Waals surface area contributed by atoms with E-state index in [0.717, 1.165) is 21.4 Å². The molecule has 1 unspecified atom stereocenters. The fraction of sp³-hybridized carbons (Fsp3) is 0.500. The largest absolute Gasteiger partial charge is 0.351 e. The molecule has 5 nitrogen and oxygen atoms in total. The number of carbonyl (C=O) groups excluding carboxylic acids is 1. The Morgan fingerprint density at radius 1 is 1.43 bits per heavy atom. The summed E-state index contributed by atoms with van der Waals surface area (Å²) < 4.78 is 2.87. The van der Waals surface area contributed by atoms with E-state index in [2.05, 4.69) is 15.4 Å². The molecule has 1 N–H and O–H groups in total. The molecule has 2 rings (SSSR count). The first-order valence-electron chi connectivity index (χ1n) is 6.79. The van der Waals surface area contributed by atoms with Crippen molar-refractivity contribution in [1.82, 2.24) is 20.1 Å². The topological polar surface area (TPSA) is 59.8 Å². The Bertz CT molecular complexity index is 620. The summed E-state index contributed by atoms with van der Waals surface area (Å²) >= 11 is 3.05. The monoisotopic (exact) mass is 324 g/mol. The van der Waals surface area contributed by atoms with E-state index in [9.17, 15) is 4.79 Å². The van der Waals surface area contributed by atoms with Crippen LogP contribution in [0.5, 0.6) is 0 Å². The average Bonchev–Trinajstić information content (AvgIpc) is 2.93. The van der Waals surface area contributed by atoms with Crippen LogP contribution in [-0.2, 0) is 11.3 Å². The maximum atomic E-state index is 11.9. The number of amides is 1. The lowest BCUT2D eigenvalue weighted by atomic mass is 10.3. The van der Waals surface area contributed by atoms with Crippen LogP contribution in [0.4, 0.5) is 0 Å². The van der Waals surface area contributed by atoms with Crippen LogP contribution in [0.2, 0.25) is 0 Å². The molecule has 2 heterocycles. The number of nitrogens with one attached hydrogen (secondary N) is 1. The van der Waals surface area contributed by atoms with E-state index in [0.29, 0.717) is 12.3 Å². The molecular formula is C14H20N4OS2. The van der Waals surface area contributed by atoms with E-state index in [4.69, 9.17) is 0 Å². The van der Waals surface area contributed by atoms with Gasteiger partial charge in [0.1, 0.15) is 0 Å². The summed E-state index contributed by atoms with van der Waals surface area (Å²) in [6, 6.07) is 2.09. The molecule has 0 spiro atoms. The molecule has 114 valence electrons. The first-order valence-corrected chi connectivity index (χ1v) is 8.66. The first kappa shape index (κ1) is 16.0. The van der Waals surface area contributed by atoms with Crippen LogP contribution >= 0.6 is 23.1 Å². The maximum absolute atomic E-state index is 11.9. The quantitative estimate of drug-likeness (QED) is 0.830. The van der Waals surface area contributed by atoms with Crippen LogP contribution < -0.4 is 5.32 Å². The fourth-order valence-corrected chi connectivity index (χ4v) is 3.67. The molecule has 1 atom stereocenters. The number of thioether (sulfide) groups is 1.